The molecule has 1 N–H and O–H groups in total. The first-order valence-electron chi connectivity index (χ1n) is 8.37. The minimum absolute atomic E-state index is 0.0934. The van der Waals surface area contributed by atoms with E-state index >= 15 is 0 Å². The molecule has 0 aliphatic carbocycles. The van der Waals surface area contributed by atoms with E-state index in [-0.39, 0.29) is 29.3 Å². The quantitative estimate of drug-likeness (QED) is 0.522. The highest BCUT2D eigenvalue weighted by atomic mass is 16.5. The number of ether oxygens (including phenoxy) is 1. The van der Waals surface area contributed by atoms with Gasteiger partial charge in [0.1, 0.15) is 17.4 Å². The molecule has 5 nitrogen and oxygen atoms in total. The summed E-state index contributed by atoms with van der Waals surface area (Å²) in [5, 5.41) is 11.4. The molecule has 0 amide bonds. The average molecular weight is 342 g/mol. The van der Waals surface area contributed by atoms with Crippen molar-refractivity contribution < 1.29 is 19.1 Å². The third-order valence-electron chi connectivity index (χ3n) is 5.09. The van der Waals surface area contributed by atoms with Crippen molar-refractivity contribution in [3.8, 4) is 5.75 Å². The molecule has 2 heterocycles. The first-order valence-corrected chi connectivity index (χ1v) is 8.37. The topological polar surface area (TPSA) is 76.7 Å². The standard InChI is InChI=1S/C20H22O5/c1-5-20(4,10-13-9-12(3)18(22)24-13)16-17(21)15-11(2)7-6-8-14(15)25-19(16)23/h5-8,12-13,21H,1,9-10H2,2-4H3/t12-,13+,20-/m0/s1. The summed E-state index contributed by atoms with van der Waals surface area (Å²) in [6, 6.07) is 5.27. The van der Waals surface area contributed by atoms with Crippen LogP contribution in [0.1, 0.15) is 37.8 Å². The third-order valence-corrected chi connectivity index (χ3v) is 5.09. The van der Waals surface area contributed by atoms with Crippen LogP contribution in [0.15, 0.2) is 40.1 Å². The van der Waals surface area contributed by atoms with Gasteiger partial charge >= 0.3 is 11.6 Å². The normalized spacial score (nSPS) is 22.6. The van der Waals surface area contributed by atoms with E-state index in [0.717, 1.165) is 5.56 Å². The summed E-state index contributed by atoms with van der Waals surface area (Å²) < 4.78 is 10.8. The number of esters is 1. The van der Waals surface area contributed by atoms with Gasteiger partial charge < -0.3 is 14.3 Å². The highest BCUT2D eigenvalue weighted by molar-refractivity contribution is 5.87. The molecule has 2 aromatic rings. The Morgan fingerprint density at radius 2 is 2.12 bits per heavy atom. The van der Waals surface area contributed by atoms with Crippen LogP contribution in [0.3, 0.4) is 0 Å². The van der Waals surface area contributed by atoms with Crippen molar-refractivity contribution in [3.63, 3.8) is 0 Å². The average Bonchev–Trinajstić information content (AvgIpc) is 2.84. The van der Waals surface area contributed by atoms with E-state index in [1.54, 1.807) is 25.1 Å². The molecule has 0 spiro atoms. The predicted molar refractivity (Wildman–Crippen MR) is 94.7 cm³/mol. The van der Waals surface area contributed by atoms with Gasteiger partial charge in [-0.15, -0.1) is 6.58 Å². The minimum Gasteiger partial charge on any atom is -0.507 e. The lowest BCUT2D eigenvalue weighted by molar-refractivity contribution is -0.144. The van der Waals surface area contributed by atoms with Crippen LogP contribution in [0, 0.1) is 12.8 Å². The van der Waals surface area contributed by atoms with Gasteiger partial charge in [0.2, 0.25) is 0 Å². The molecule has 132 valence electrons. The SMILES string of the molecule is C=C[C@@](C)(C[C@H]1C[C@H](C)C(=O)O1)c1c(O)c2c(C)cccc2oc1=O. The van der Waals surface area contributed by atoms with Gasteiger partial charge in [-0.05, 0) is 31.4 Å². The summed E-state index contributed by atoms with van der Waals surface area (Å²) in [5.74, 6) is -0.492. The van der Waals surface area contributed by atoms with E-state index in [0.29, 0.717) is 23.8 Å². The van der Waals surface area contributed by atoms with Gasteiger partial charge in [0.15, 0.2) is 0 Å². The lowest BCUT2D eigenvalue weighted by atomic mass is 9.77. The molecule has 3 atom stereocenters. The third kappa shape index (κ3) is 2.84. The molecule has 1 aliphatic rings. The van der Waals surface area contributed by atoms with Gasteiger partial charge in [-0.2, -0.15) is 0 Å². The fourth-order valence-corrected chi connectivity index (χ4v) is 3.61. The van der Waals surface area contributed by atoms with Gasteiger partial charge in [-0.3, -0.25) is 4.79 Å². The van der Waals surface area contributed by atoms with Crippen LogP contribution in [0.5, 0.6) is 5.75 Å². The summed E-state index contributed by atoms with van der Waals surface area (Å²) in [6.07, 6.45) is 2.24. The molecule has 1 aliphatic heterocycles. The van der Waals surface area contributed by atoms with Crippen LogP contribution in [0.4, 0.5) is 0 Å². The first kappa shape index (κ1) is 17.3. The molecular weight excluding hydrogens is 320 g/mol. The Morgan fingerprint density at radius 1 is 1.40 bits per heavy atom. The second-order valence-corrected chi connectivity index (χ2v) is 7.08. The van der Waals surface area contributed by atoms with Crippen molar-refractivity contribution in [1.82, 2.24) is 0 Å². The van der Waals surface area contributed by atoms with Crippen LogP contribution in [-0.4, -0.2) is 17.2 Å². The Labute approximate surface area is 145 Å². The number of aryl methyl sites for hydroxylation is 1. The number of hydrogen-bond donors (Lipinski definition) is 1. The lowest BCUT2D eigenvalue weighted by Crippen LogP contribution is -2.31. The number of benzene rings is 1. The van der Waals surface area contributed by atoms with Gasteiger partial charge in [-0.25, -0.2) is 4.79 Å². The zero-order valence-electron chi connectivity index (χ0n) is 14.7. The van der Waals surface area contributed by atoms with E-state index in [1.165, 1.54) is 0 Å². The fourth-order valence-electron chi connectivity index (χ4n) is 3.61. The maximum Gasteiger partial charge on any atom is 0.344 e. The van der Waals surface area contributed by atoms with Crippen molar-refractivity contribution in [2.75, 3.05) is 0 Å². The van der Waals surface area contributed by atoms with E-state index in [2.05, 4.69) is 6.58 Å². The number of rotatable bonds is 4. The lowest BCUT2D eigenvalue weighted by Gasteiger charge is -2.28. The summed E-state index contributed by atoms with van der Waals surface area (Å²) in [7, 11) is 0. The van der Waals surface area contributed by atoms with Gasteiger partial charge in [-0.1, -0.05) is 32.1 Å². The minimum atomic E-state index is -0.879. The van der Waals surface area contributed by atoms with Crippen molar-refractivity contribution in [3.05, 3.63) is 52.4 Å². The molecule has 1 saturated heterocycles. The number of carbonyl (C=O) groups is 1. The van der Waals surface area contributed by atoms with Gasteiger partial charge in [0.25, 0.3) is 0 Å². The molecule has 0 saturated carbocycles. The Balaban J connectivity index is 2.12. The zero-order valence-corrected chi connectivity index (χ0v) is 14.7. The maximum absolute atomic E-state index is 12.6. The van der Waals surface area contributed by atoms with E-state index in [4.69, 9.17) is 9.15 Å². The van der Waals surface area contributed by atoms with Crippen molar-refractivity contribution >= 4 is 16.9 Å². The smallest absolute Gasteiger partial charge is 0.344 e. The molecule has 0 bridgehead atoms. The van der Waals surface area contributed by atoms with Crippen LogP contribution in [0.25, 0.3) is 11.0 Å². The number of allylic oxidation sites excluding steroid dienone is 1. The summed E-state index contributed by atoms with van der Waals surface area (Å²) in [5.41, 5.74) is -0.169. The van der Waals surface area contributed by atoms with Gasteiger partial charge in [0, 0.05) is 5.41 Å². The van der Waals surface area contributed by atoms with E-state index in [1.807, 2.05) is 19.9 Å². The van der Waals surface area contributed by atoms with Crippen LogP contribution >= 0.6 is 0 Å². The molecular formula is C20H22O5. The number of carbonyl (C=O) groups excluding carboxylic acids is 1. The highest BCUT2D eigenvalue weighted by Gasteiger charge is 2.39. The van der Waals surface area contributed by atoms with Crippen molar-refractivity contribution in [2.24, 2.45) is 5.92 Å². The van der Waals surface area contributed by atoms with Crippen LogP contribution in [0.2, 0.25) is 0 Å². The maximum atomic E-state index is 12.6. The Hall–Kier alpha value is -2.56. The molecule has 0 radical (unpaired) electrons. The summed E-state index contributed by atoms with van der Waals surface area (Å²) in [4.78, 5) is 24.3. The summed E-state index contributed by atoms with van der Waals surface area (Å²) >= 11 is 0. The zero-order chi connectivity index (χ0) is 18.4. The molecule has 0 unspecified atom stereocenters. The molecule has 3 rings (SSSR count). The summed E-state index contributed by atoms with van der Waals surface area (Å²) in [6.45, 7) is 9.30. The van der Waals surface area contributed by atoms with Crippen LogP contribution < -0.4 is 5.63 Å². The number of hydrogen-bond acceptors (Lipinski definition) is 5. The molecule has 5 heteroatoms. The number of fused-ring (bicyclic) bond motifs is 1. The van der Waals surface area contributed by atoms with Crippen molar-refractivity contribution in [2.45, 2.75) is 45.1 Å². The van der Waals surface area contributed by atoms with E-state index in [9.17, 15) is 14.7 Å². The Bertz CT molecular complexity index is 910. The van der Waals surface area contributed by atoms with E-state index < -0.39 is 11.0 Å². The molecule has 1 fully saturated rings. The molecule has 25 heavy (non-hydrogen) atoms. The highest BCUT2D eigenvalue weighted by Crippen LogP contribution is 2.40. The largest absolute Gasteiger partial charge is 0.507 e. The fraction of sp³-hybridized carbons (Fsp3) is 0.400. The monoisotopic (exact) mass is 342 g/mol. The Kier molecular flexibility index (Phi) is 4.19. The number of aromatic hydroxyl groups is 1. The van der Waals surface area contributed by atoms with Gasteiger partial charge in [0.05, 0.1) is 16.9 Å². The second kappa shape index (κ2) is 6.06. The second-order valence-electron chi connectivity index (χ2n) is 7.08. The first-order chi connectivity index (χ1) is 11.8. The van der Waals surface area contributed by atoms with Crippen LogP contribution in [-0.2, 0) is 14.9 Å². The number of cyclic esters (lactones) is 1. The molecule has 1 aromatic carbocycles. The predicted octanol–water partition coefficient (Wildman–Crippen LogP) is 3.59. The molecule has 1 aromatic heterocycles. The van der Waals surface area contributed by atoms with Crippen molar-refractivity contribution in [1.29, 1.82) is 0 Å². The Morgan fingerprint density at radius 3 is 2.72 bits per heavy atom.